The SMILES string of the molecule is CC1CCCN(C(=O)c2ccnc(C(=O)NCc3ccc(Cl)cc3)c2)C1. The van der Waals surface area contributed by atoms with Gasteiger partial charge in [0.2, 0.25) is 0 Å². The zero-order chi connectivity index (χ0) is 18.5. The van der Waals surface area contributed by atoms with E-state index >= 15 is 0 Å². The molecule has 1 aromatic heterocycles. The molecule has 26 heavy (non-hydrogen) atoms. The summed E-state index contributed by atoms with van der Waals surface area (Å²) < 4.78 is 0. The Morgan fingerprint density at radius 3 is 2.77 bits per heavy atom. The molecule has 0 saturated carbocycles. The van der Waals surface area contributed by atoms with Crippen molar-refractivity contribution in [2.75, 3.05) is 13.1 Å². The number of carbonyl (C=O) groups excluding carboxylic acids is 2. The van der Waals surface area contributed by atoms with E-state index in [-0.39, 0.29) is 17.5 Å². The molecular formula is C20H22ClN3O2. The van der Waals surface area contributed by atoms with E-state index in [1.54, 1.807) is 24.3 Å². The maximum absolute atomic E-state index is 12.7. The molecule has 3 rings (SSSR count). The molecule has 5 nitrogen and oxygen atoms in total. The van der Waals surface area contributed by atoms with Crippen LogP contribution in [-0.4, -0.2) is 34.8 Å². The molecule has 1 aliphatic rings. The Morgan fingerprint density at radius 1 is 1.27 bits per heavy atom. The Hall–Kier alpha value is -2.40. The first-order chi connectivity index (χ1) is 12.5. The van der Waals surface area contributed by atoms with Crippen LogP contribution in [0, 0.1) is 5.92 Å². The van der Waals surface area contributed by atoms with Crippen LogP contribution in [0.25, 0.3) is 0 Å². The van der Waals surface area contributed by atoms with Gasteiger partial charge in [-0.25, -0.2) is 0 Å². The monoisotopic (exact) mass is 371 g/mol. The van der Waals surface area contributed by atoms with Gasteiger partial charge in [0.15, 0.2) is 0 Å². The minimum absolute atomic E-state index is 0.0364. The lowest BCUT2D eigenvalue weighted by Gasteiger charge is -2.31. The van der Waals surface area contributed by atoms with E-state index in [1.165, 1.54) is 6.20 Å². The molecule has 136 valence electrons. The molecule has 1 N–H and O–H groups in total. The van der Waals surface area contributed by atoms with Gasteiger partial charge in [-0.2, -0.15) is 0 Å². The van der Waals surface area contributed by atoms with Crippen LogP contribution < -0.4 is 5.32 Å². The number of nitrogens with zero attached hydrogens (tertiary/aromatic N) is 2. The molecule has 0 bridgehead atoms. The van der Waals surface area contributed by atoms with E-state index in [2.05, 4.69) is 17.2 Å². The molecule has 0 spiro atoms. The minimum atomic E-state index is -0.304. The van der Waals surface area contributed by atoms with Crippen molar-refractivity contribution in [1.82, 2.24) is 15.2 Å². The van der Waals surface area contributed by atoms with Gasteiger partial charge in [0.1, 0.15) is 5.69 Å². The van der Waals surface area contributed by atoms with Gasteiger partial charge in [-0.05, 0) is 48.6 Å². The zero-order valence-electron chi connectivity index (χ0n) is 14.7. The highest BCUT2D eigenvalue weighted by Gasteiger charge is 2.22. The number of halogens is 1. The summed E-state index contributed by atoms with van der Waals surface area (Å²) in [7, 11) is 0. The van der Waals surface area contributed by atoms with Crippen molar-refractivity contribution in [3.63, 3.8) is 0 Å². The highest BCUT2D eigenvalue weighted by Crippen LogP contribution is 2.18. The molecule has 1 fully saturated rings. The Labute approximate surface area is 158 Å². The van der Waals surface area contributed by atoms with Crippen LogP contribution in [0.3, 0.4) is 0 Å². The quantitative estimate of drug-likeness (QED) is 0.894. The summed E-state index contributed by atoms with van der Waals surface area (Å²) in [5.41, 5.74) is 1.69. The number of hydrogen-bond donors (Lipinski definition) is 1. The number of nitrogens with one attached hydrogen (secondary N) is 1. The molecule has 6 heteroatoms. The number of carbonyl (C=O) groups is 2. The fraction of sp³-hybridized carbons (Fsp3) is 0.350. The summed E-state index contributed by atoms with van der Waals surface area (Å²) in [4.78, 5) is 31.0. The first kappa shape index (κ1) is 18.4. The molecule has 1 aromatic carbocycles. The van der Waals surface area contributed by atoms with Gasteiger partial charge >= 0.3 is 0 Å². The molecule has 1 aliphatic heterocycles. The van der Waals surface area contributed by atoms with Crippen LogP contribution in [0.15, 0.2) is 42.6 Å². The number of benzene rings is 1. The lowest BCUT2D eigenvalue weighted by molar-refractivity contribution is 0.0683. The fourth-order valence-electron chi connectivity index (χ4n) is 3.12. The summed E-state index contributed by atoms with van der Waals surface area (Å²) in [6.45, 7) is 4.06. The van der Waals surface area contributed by atoms with Crippen LogP contribution in [0.2, 0.25) is 5.02 Å². The second kappa shape index (κ2) is 8.32. The summed E-state index contributed by atoms with van der Waals surface area (Å²) in [5, 5.41) is 3.47. The fourth-order valence-corrected chi connectivity index (χ4v) is 3.25. The van der Waals surface area contributed by atoms with Crippen molar-refractivity contribution in [2.24, 2.45) is 5.92 Å². The van der Waals surface area contributed by atoms with E-state index in [9.17, 15) is 9.59 Å². The summed E-state index contributed by atoms with van der Waals surface area (Å²) >= 11 is 5.86. The van der Waals surface area contributed by atoms with Crippen LogP contribution in [0.4, 0.5) is 0 Å². The molecule has 0 radical (unpaired) electrons. The van der Waals surface area contributed by atoms with Crippen molar-refractivity contribution in [3.05, 3.63) is 64.4 Å². The first-order valence-corrected chi connectivity index (χ1v) is 9.18. The third-order valence-corrected chi connectivity index (χ3v) is 4.80. The molecule has 1 saturated heterocycles. The van der Waals surface area contributed by atoms with E-state index in [1.807, 2.05) is 17.0 Å². The largest absolute Gasteiger partial charge is 0.347 e. The van der Waals surface area contributed by atoms with Gasteiger partial charge in [-0.3, -0.25) is 14.6 Å². The smallest absolute Gasteiger partial charge is 0.270 e. The molecule has 2 heterocycles. The summed E-state index contributed by atoms with van der Waals surface area (Å²) in [5.74, 6) is 0.170. The average Bonchev–Trinajstić information content (AvgIpc) is 2.67. The highest BCUT2D eigenvalue weighted by atomic mass is 35.5. The number of rotatable bonds is 4. The standard InChI is InChI=1S/C20H22ClN3O2/c1-14-3-2-10-24(13-14)20(26)16-8-9-22-18(11-16)19(25)23-12-15-4-6-17(21)7-5-15/h4-9,11,14H,2-3,10,12-13H2,1H3,(H,23,25). The molecular weight excluding hydrogens is 350 g/mol. The van der Waals surface area contributed by atoms with Crippen molar-refractivity contribution in [1.29, 1.82) is 0 Å². The van der Waals surface area contributed by atoms with Crippen LogP contribution >= 0.6 is 11.6 Å². The van der Waals surface area contributed by atoms with Crippen LogP contribution in [0.5, 0.6) is 0 Å². The predicted molar refractivity (Wildman–Crippen MR) is 101 cm³/mol. The molecule has 1 atom stereocenters. The Kier molecular flexibility index (Phi) is 5.89. The Balaban J connectivity index is 1.65. The van der Waals surface area contributed by atoms with Crippen molar-refractivity contribution in [3.8, 4) is 0 Å². The Morgan fingerprint density at radius 2 is 2.04 bits per heavy atom. The van der Waals surface area contributed by atoms with Gasteiger partial charge in [0, 0.05) is 36.4 Å². The number of piperidine rings is 1. The predicted octanol–water partition coefficient (Wildman–Crippen LogP) is 3.54. The minimum Gasteiger partial charge on any atom is -0.347 e. The van der Waals surface area contributed by atoms with E-state index in [0.29, 0.717) is 23.0 Å². The second-order valence-electron chi connectivity index (χ2n) is 6.74. The van der Waals surface area contributed by atoms with E-state index in [0.717, 1.165) is 31.5 Å². The van der Waals surface area contributed by atoms with Crippen LogP contribution in [0.1, 0.15) is 46.2 Å². The van der Waals surface area contributed by atoms with Gasteiger partial charge in [0.05, 0.1) is 0 Å². The third-order valence-electron chi connectivity index (χ3n) is 4.55. The number of amides is 2. The Bertz CT molecular complexity index is 792. The molecule has 2 aromatic rings. The maximum atomic E-state index is 12.7. The number of hydrogen-bond acceptors (Lipinski definition) is 3. The van der Waals surface area contributed by atoms with Gasteiger partial charge in [-0.15, -0.1) is 0 Å². The highest BCUT2D eigenvalue weighted by molar-refractivity contribution is 6.30. The topological polar surface area (TPSA) is 62.3 Å². The van der Waals surface area contributed by atoms with Crippen molar-refractivity contribution in [2.45, 2.75) is 26.3 Å². The molecule has 1 unspecified atom stereocenters. The van der Waals surface area contributed by atoms with Gasteiger partial charge in [0.25, 0.3) is 11.8 Å². The van der Waals surface area contributed by atoms with E-state index in [4.69, 9.17) is 11.6 Å². The number of likely N-dealkylation sites (tertiary alicyclic amines) is 1. The van der Waals surface area contributed by atoms with Gasteiger partial charge in [-0.1, -0.05) is 30.7 Å². The maximum Gasteiger partial charge on any atom is 0.270 e. The molecule has 2 amide bonds. The van der Waals surface area contributed by atoms with Crippen LogP contribution in [-0.2, 0) is 6.54 Å². The third kappa shape index (κ3) is 4.61. The lowest BCUT2D eigenvalue weighted by atomic mass is 9.99. The molecule has 0 aliphatic carbocycles. The summed E-state index contributed by atoms with van der Waals surface area (Å²) in [6.07, 6.45) is 3.68. The average molecular weight is 372 g/mol. The second-order valence-corrected chi connectivity index (χ2v) is 7.17. The van der Waals surface area contributed by atoms with Crippen molar-refractivity contribution >= 4 is 23.4 Å². The number of aromatic nitrogens is 1. The number of pyridine rings is 1. The van der Waals surface area contributed by atoms with Gasteiger partial charge < -0.3 is 10.2 Å². The first-order valence-electron chi connectivity index (χ1n) is 8.81. The summed E-state index contributed by atoms with van der Waals surface area (Å²) in [6, 6.07) is 10.5. The van der Waals surface area contributed by atoms with E-state index < -0.39 is 0 Å². The zero-order valence-corrected chi connectivity index (χ0v) is 15.5. The normalized spacial score (nSPS) is 17.0. The lowest BCUT2D eigenvalue weighted by Crippen LogP contribution is -2.39. The van der Waals surface area contributed by atoms with Crippen molar-refractivity contribution < 1.29 is 9.59 Å².